The number of nitriles is 3. The summed E-state index contributed by atoms with van der Waals surface area (Å²) in [6.45, 7) is 0. The molecular weight excluding hydrogens is 575 g/mol. The number of thiophene rings is 2. The molecule has 6 aromatic carbocycles. The van der Waals surface area contributed by atoms with Gasteiger partial charge >= 0.3 is 0 Å². The van der Waals surface area contributed by atoms with E-state index in [0.29, 0.717) is 27.8 Å². The van der Waals surface area contributed by atoms with Crippen molar-refractivity contribution in [3.05, 3.63) is 132 Å². The molecule has 2 heterocycles. The lowest BCUT2D eigenvalue weighted by molar-refractivity contribution is 1.42. The molecule has 0 saturated heterocycles. The number of benzene rings is 6. The second kappa shape index (κ2) is 10.2. The molecule has 2 aromatic heterocycles. The molecule has 44 heavy (non-hydrogen) atoms. The Balaban J connectivity index is 1.49. The summed E-state index contributed by atoms with van der Waals surface area (Å²) in [7, 11) is 0. The van der Waals surface area contributed by atoms with Crippen LogP contribution in [0.2, 0.25) is 0 Å². The smallest absolute Gasteiger partial charge is 0.100 e. The van der Waals surface area contributed by atoms with Gasteiger partial charge < -0.3 is 0 Å². The van der Waals surface area contributed by atoms with Gasteiger partial charge in [0.1, 0.15) is 6.07 Å². The van der Waals surface area contributed by atoms with E-state index in [1.165, 1.54) is 30.3 Å². The lowest BCUT2D eigenvalue weighted by Crippen LogP contribution is -1.97. The SMILES string of the molecule is N#Cc1cccc(C#N)c1-c1cc(-c2cccc3sc4ccccc4c23)cc(-c2ccc3c(c2)sc2ccccc23)c1C#N. The molecule has 0 saturated carbocycles. The van der Waals surface area contributed by atoms with Crippen molar-refractivity contribution < 1.29 is 0 Å². The average molecular weight is 594 g/mol. The Morgan fingerprint density at radius 2 is 1.05 bits per heavy atom. The fourth-order valence-electron chi connectivity index (χ4n) is 6.28. The van der Waals surface area contributed by atoms with Gasteiger partial charge in [-0.3, -0.25) is 0 Å². The monoisotopic (exact) mass is 593 g/mol. The van der Waals surface area contributed by atoms with Gasteiger partial charge in [-0.2, -0.15) is 15.8 Å². The van der Waals surface area contributed by atoms with Crippen LogP contribution >= 0.6 is 22.7 Å². The number of fused-ring (bicyclic) bond motifs is 6. The van der Waals surface area contributed by atoms with Crippen molar-refractivity contribution in [3.8, 4) is 51.6 Å². The maximum Gasteiger partial charge on any atom is 0.100 e. The molecule has 0 N–H and O–H groups in total. The third-order valence-corrected chi connectivity index (χ3v) is 10.5. The van der Waals surface area contributed by atoms with E-state index in [0.717, 1.165) is 32.3 Å². The second-order valence-corrected chi connectivity index (χ2v) is 12.8. The standard InChI is InChI=1S/C39H19N3S2/c40-20-24-7-5-8-25(21-41)38(24)32-18-26(27-11-6-14-36-39(27)30-10-2-4-13-35(30)43-36)17-31(33(32)22-42)23-15-16-29-28-9-1-3-12-34(28)44-37(29)19-23/h1-19H. The van der Waals surface area contributed by atoms with Crippen LogP contribution in [-0.2, 0) is 0 Å². The zero-order valence-corrected chi connectivity index (χ0v) is 24.8. The maximum absolute atomic E-state index is 10.7. The molecule has 0 amide bonds. The zero-order valence-electron chi connectivity index (χ0n) is 23.1. The molecule has 0 unspecified atom stereocenters. The second-order valence-electron chi connectivity index (χ2n) is 10.6. The molecule has 0 radical (unpaired) electrons. The molecule has 5 heteroatoms. The summed E-state index contributed by atoms with van der Waals surface area (Å²) in [5.74, 6) is 0. The minimum Gasteiger partial charge on any atom is -0.192 e. The summed E-state index contributed by atoms with van der Waals surface area (Å²) in [5.41, 5.74) is 5.90. The third kappa shape index (κ3) is 3.91. The highest BCUT2D eigenvalue weighted by atomic mass is 32.1. The Labute approximate surface area is 261 Å². The average Bonchev–Trinajstić information content (AvgIpc) is 3.65. The normalized spacial score (nSPS) is 11.1. The van der Waals surface area contributed by atoms with Crippen molar-refractivity contribution in [2.24, 2.45) is 0 Å². The molecule has 0 aliphatic carbocycles. The van der Waals surface area contributed by atoms with E-state index in [-0.39, 0.29) is 0 Å². The Morgan fingerprint density at radius 1 is 0.432 bits per heavy atom. The molecule has 8 aromatic rings. The van der Waals surface area contributed by atoms with E-state index in [1.54, 1.807) is 40.9 Å². The predicted molar refractivity (Wildman–Crippen MR) is 183 cm³/mol. The molecule has 0 atom stereocenters. The van der Waals surface area contributed by atoms with Crippen molar-refractivity contribution in [2.45, 2.75) is 0 Å². The first-order valence-corrected chi connectivity index (χ1v) is 15.7. The third-order valence-electron chi connectivity index (χ3n) is 8.23. The number of nitrogens with zero attached hydrogens (tertiary/aromatic N) is 3. The maximum atomic E-state index is 10.7. The van der Waals surface area contributed by atoms with Crippen LogP contribution in [0.25, 0.3) is 73.7 Å². The Hall–Kier alpha value is -5.77. The van der Waals surface area contributed by atoms with E-state index in [1.807, 2.05) is 6.07 Å². The minimum atomic E-state index is 0.364. The van der Waals surface area contributed by atoms with Crippen LogP contribution in [0.5, 0.6) is 0 Å². The van der Waals surface area contributed by atoms with Gasteiger partial charge in [0.05, 0.1) is 28.8 Å². The predicted octanol–water partition coefficient (Wildman–Crippen LogP) is 11.0. The lowest BCUT2D eigenvalue weighted by atomic mass is 9.84. The first-order valence-electron chi connectivity index (χ1n) is 14.0. The van der Waals surface area contributed by atoms with Crippen molar-refractivity contribution in [2.75, 3.05) is 0 Å². The van der Waals surface area contributed by atoms with Crippen LogP contribution in [0, 0.1) is 34.0 Å². The van der Waals surface area contributed by atoms with Gasteiger partial charge in [0.2, 0.25) is 0 Å². The number of hydrogen-bond acceptors (Lipinski definition) is 5. The molecular formula is C39H19N3S2. The number of hydrogen-bond donors (Lipinski definition) is 0. The van der Waals surface area contributed by atoms with Gasteiger partial charge in [-0.1, -0.05) is 66.7 Å². The summed E-state index contributed by atoms with van der Waals surface area (Å²) >= 11 is 3.49. The summed E-state index contributed by atoms with van der Waals surface area (Å²) in [6, 6.07) is 45.7. The van der Waals surface area contributed by atoms with Gasteiger partial charge in [-0.15, -0.1) is 22.7 Å². The Morgan fingerprint density at radius 3 is 1.80 bits per heavy atom. The molecule has 0 fully saturated rings. The Bertz CT molecular complexity index is 2570. The van der Waals surface area contributed by atoms with Crippen molar-refractivity contribution in [1.29, 1.82) is 15.8 Å². The Kier molecular flexibility index (Phi) is 6.00. The van der Waals surface area contributed by atoms with E-state index in [2.05, 4.69) is 109 Å². The minimum absolute atomic E-state index is 0.364. The highest BCUT2D eigenvalue weighted by Gasteiger charge is 2.22. The molecule has 0 aliphatic heterocycles. The van der Waals surface area contributed by atoms with Crippen LogP contribution in [0.4, 0.5) is 0 Å². The van der Waals surface area contributed by atoms with Crippen LogP contribution < -0.4 is 0 Å². The zero-order chi connectivity index (χ0) is 29.8. The van der Waals surface area contributed by atoms with E-state index < -0.39 is 0 Å². The highest BCUT2D eigenvalue weighted by Crippen LogP contribution is 2.45. The molecule has 0 aliphatic rings. The fourth-order valence-corrected chi connectivity index (χ4v) is 8.56. The highest BCUT2D eigenvalue weighted by molar-refractivity contribution is 7.26. The summed E-state index contributed by atoms with van der Waals surface area (Å²) < 4.78 is 4.74. The van der Waals surface area contributed by atoms with Gasteiger partial charge in [0.15, 0.2) is 0 Å². The van der Waals surface area contributed by atoms with Gasteiger partial charge in [0.25, 0.3) is 0 Å². The fraction of sp³-hybridized carbons (Fsp3) is 0. The van der Waals surface area contributed by atoms with E-state index >= 15 is 0 Å². The molecule has 3 nitrogen and oxygen atoms in total. The topological polar surface area (TPSA) is 71.4 Å². The summed E-state index contributed by atoms with van der Waals surface area (Å²) in [4.78, 5) is 0. The molecule has 8 rings (SSSR count). The number of rotatable bonds is 3. The molecule has 0 bridgehead atoms. The van der Waals surface area contributed by atoms with E-state index in [4.69, 9.17) is 0 Å². The van der Waals surface area contributed by atoms with Crippen LogP contribution in [0.1, 0.15) is 16.7 Å². The van der Waals surface area contributed by atoms with Crippen molar-refractivity contribution in [3.63, 3.8) is 0 Å². The van der Waals surface area contributed by atoms with Crippen LogP contribution in [0.3, 0.4) is 0 Å². The summed E-state index contributed by atoms with van der Waals surface area (Å²) in [5, 5.41) is 35.7. The van der Waals surface area contributed by atoms with Crippen molar-refractivity contribution >= 4 is 63.0 Å². The van der Waals surface area contributed by atoms with Gasteiger partial charge in [-0.05, 0) is 65.2 Å². The van der Waals surface area contributed by atoms with Gasteiger partial charge in [-0.25, -0.2) is 0 Å². The largest absolute Gasteiger partial charge is 0.192 e. The van der Waals surface area contributed by atoms with Crippen LogP contribution in [-0.4, -0.2) is 0 Å². The summed E-state index contributed by atoms with van der Waals surface area (Å²) in [6.07, 6.45) is 0. The van der Waals surface area contributed by atoms with E-state index in [9.17, 15) is 15.8 Å². The molecule has 0 spiro atoms. The lowest BCUT2D eigenvalue weighted by Gasteiger charge is -2.16. The first kappa shape index (κ1) is 25.9. The van der Waals surface area contributed by atoms with Crippen LogP contribution in [0.15, 0.2) is 115 Å². The van der Waals surface area contributed by atoms with Crippen molar-refractivity contribution in [1.82, 2.24) is 0 Å². The van der Waals surface area contributed by atoms with Gasteiger partial charge in [0, 0.05) is 57.0 Å². The molecule has 202 valence electrons. The quantitative estimate of drug-likeness (QED) is 0.205. The first-order chi connectivity index (χ1) is 21.7.